The molecular weight excluding hydrogens is 386 g/mol. The second-order valence-electron chi connectivity index (χ2n) is 9.05. The smallest absolute Gasteiger partial charge is 0.224 e. The molecule has 6 heteroatoms. The summed E-state index contributed by atoms with van der Waals surface area (Å²) in [5.74, 6) is 1.06. The number of benzene rings is 1. The number of aromatic nitrogens is 2. The highest BCUT2D eigenvalue weighted by atomic mass is 16.1. The summed E-state index contributed by atoms with van der Waals surface area (Å²) in [5, 5.41) is 12.1. The van der Waals surface area contributed by atoms with Crippen molar-refractivity contribution in [2.24, 2.45) is 5.92 Å². The molecule has 2 aliphatic rings. The fraction of sp³-hybridized carbons (Fsp3) is 0.560. The largest absolute Gasteiger partial charge is 0.355 e. The van der Waals surface area contributed by atoms with Gasteiger partial charge < -0.3 is 10.2 Å². The van der Waals surface area contributed by atoms with Crippen molar-refractivity contribution in [2.75, 3.05) is 37.6 Å². The summed E-state index contributed by atoms with van der Waals surface area (Å²) < 4.78 is 0. The Morgan fingerprint density at radius 3 is 2.71 bits per heavy atom. The molecule has 1 aromatic heterocycles. The summed E-state index contributed by atoms with van der Waals surface area (Å²) in [7, 11) is 0. The van der Waals surface area contributed by atoms with Crippen LogP contribution in [0.25, 0.3) is 11.3 Å². The molecule has 4 rings (SSSR count). The molecule has 6 nitrogen and oxygen atoms in total. The molecule has 0 unspecified atom stereocenters. The number of piperidine rings is 2. The van der Waals surface area contributed by atoms with Crippen molar-refractivity contribution in [3.8, 4) is 11.3 Å². The molecule has 1 amide bonds. The van der Waals surface area contributed by atoms with Crippen LogP contribution in [-0.2, 0) is 4.79 Å². The van der Waals surface area contributed by atoms with Crippen LogP contribution < -0.4 is 10.2 Å². The second kappa shape index (κ2) is 10.2. The second-order valence-corrected chi connectivity index (χ2v) is 9.05. The Morgan fingerprint density at radius 1 is 1.06 bits per heavy atom. The zero-order valence-electron chi connectivity index (χ0n) is 18.9. The Balaban J connectivity index is 1.30. The van der Waals surface area contributed by atoms with Gasteiger partial charge in [0, 0.05) is 37.8 Å². The van der Waals surface area contributed by atoms with E-state index in [0.29, 0.717) is 12.6 Å². The van der Waals surface area contributed by atoms with Gasteiger partial charge in [-0.3, -0.25) is 9.69 Å². The van der Waals surface area contributed by atoms with Crippen LogP contribution >= 0.6 is 0 Å². The van der Waals surface area contributed by atoms with Gasteiger partial charge in [-0.1, -0.05) is 30.7 Å². The van der Waals surface area contributed by atoms with Gasteiger partial charge in [-0.05, 0) is 63.8 Å². The predicted octanol–water partition coefficient (Wildman–Crippen LogP) is 3.66. The number of rotatable bonds is 6. The molecule has 0 bridgehead atoms. The topological polar surface area (TPSA) is 61.4 Å². The Labute approximate surface area is 186 Å². The van der Waals surface area contributed by atoms with Crippen LogP contribution in [0.1, 0.15) is 44.6 Å². The van der Waals surface area contributed by atoms with E-state index in [4.69, 9.17) is 0 Å². The third-order valence-electron chi connectivity index (χ3n) is 6.83. The van der Waals surface area contributed by atoms with Crippen LogP contribution in [0.2, 0.25) is 0 Å². The van der Waals surface area contributed by atoms with Gasteiger partial charge in [-0.15, -0.1) is 10.2 Å². The Bertz CT molecular complexity index is 868. The van der Waals surface area contributed by atoms with Crippen LogP contribution in [0.3, 0.4) is 0 Å². The van der Waals surface area contributed by atoms with Crippen molar-refractivity contribution in [2.45, 2.75) is 52.0 Å². The number of likely N-dealkylation sites (tertiary alicyclic amines) is 1. The third kappa shape index (κ3) is 5.42. The number of carbonyl (C=O) groups excluding carboxylic acids is 1. The quantitative estimate of drug-likeness (QED) is 0.771. The van der Waals surface area contributed by atoms with E-state index in [-0.39, 0.29) is 11.8 Å². The Morgan fingerprint density at radius 2 is 1.94 bits per heavy atom. The van der Waals surface area contributed by atoms with Crippen molar-refractivity contribution in [3.63, 3.8) is 0 Å². The molecule has 0 spiro atoms. The molecule has 2 fully saturated rings. The van der Waals surface area contributed by atoms with Gasteiger partial charge in [0.2, 0.25) is 5.91 Å². The predicted molar refractivity (Wildman–Crippen MR) is 125 cm³/mol. The first kappa shape index (κ1) is 21.8. The molecule has 166 valence electrons. The van der Waals surface area contributed by atoms with E-state index in [1.54, 1.807) is 0 Å². The number of hydrogen-bond donors (Lipinski definition) is 1. The van der Waals surface area contributed by atoms with E-state index in [1.807, 2.05) is 24.3 Å². The fourth-order valence-corrected chi connectivity index (χ4v) is 4.85. The first-order chi connectivity index (χ1) is 15.1. The first-order valence-electron chi connectivity index (χ1n) is 11.8. The van der Waals surface area contributed by atoms with Gasteiger partial charge in [0.1, 0.15) is 0 Å². The summed E-state index contributed by atoms with van der Waals surface area (Å²) in [6.07, 6.45) is 5.82. The molecule has 31 heavy (non-hydrogen) atoms. The molecule has 0 aliphatic carbocycles. The summed E-state index contributed by atoms with van der Waals surface area (Å²) >= 11 is 0. The molecule has 2 aromatic rings. The average molecular weight is 422 g/mol. The van der Waals surface area contributed by atoms with Crippen molar-refractivity contribution < 1.29 is 4.79 Å². The molecule has 2 saturated heterocycles. The van der Waals surface area contributed by atoms with Crippen molar-refractivity contribution >= 4 is 11.7 Å². The lowest BCUT2D eigenvalue weighted by atomic mass is 9.97. The third-order valence-corrected chi connectivity index (χ3v) is 6.83. The van der Waals surface area contributed by atoms with E-state index in [1.165, 1.54) is 24.8 Å². The van der Waals surface area contributed by atoms with E-state index < -0.39 is 0 Å². The summed E-state index contributed by atoms with van der Waals surface area (Å²) in [6, 6.07) is 12.9. The van der Waals surface area contributed by atoms with Crippen LogP contribution in [-0.4, -0.2) is 59.8 Å². The first-order valence-corrected chi connectivity index (χ1v) is 11.8. The number of anilines is 1. The highest BCUT2D eigenvalue weighted by molar-refractivity contribution is 5.79. The molecule has 3 heterocycles. The van der Waals surface area contributed by atoms with Gasteiger partial charge in [0.15, 0.2) is 5.82 Å². The van der Waals surface area contributed by atoms with E-state index in [2.05, 4.69) is 51.3 Å². The highest BCUT2D eigenvalue weighted by Crippen LogP contribution is 2.25. The van der Waals surface area contributed by atoms with Crippen molar-refractivity contribution in [1.29, 1.82) is 0 Å². The maximum atomic E-state index is 12.8. The maximum absolute atomic E-state index is 12.8. The van der Waals surface area contributed by atoms with Gasteiger partial charge in [0.25, 0.3) is 0 Å². The zero-order chi connectivity index (χ0) is 21.6. The van der Waals surface area contributed by atoms with Gasteiger partial charge in [-0.25, -0.2) is 0 Å². The molecule has 1 aromatic carbocycles. The molecule has 2 atom stereocenters. The average Bonchev–Trinajstić information content (AvgIpc) is 2.81. The van der Waals surface area contributed by atoms with E-state index in [0.717, 1.165) is 56.1 Å². The number of carbonyl (C=O) groups is 1. The molecule has 1 N–H and O–H groups in total. The van der Waals surface area contributed by atoms with Crippen LogP contribution in [0, 0.1) is 12.8 Å². The maximum Gasteiger partial charge on any atom is 0.224 e. The zero-order valence-corrected chi connectivity index (χ0v) is 18.9. The summed E-state index contributed by atoms with van der Waals surface area (Å²) in [6.45, 7) is 8.87. The number of nitrogens with zero attached hydrogens (tertiary/aromatic N) is 4. The molecular formula is C25H35N5O. The summed E-state index contributed by atoms with van der Waals surface area (Å²) in [5.41, 5.74) is 3.19. The van der Waals surface area contributed by atoms with Gasteiger partial charge in [-0.2, -0.15) is 0 Å². The fourth-order valence-electron chi connectivity index (χ4n) is 4.85. The van der Waals surface area contributed by atoms with Gasteiger partial charge >= 0.3 is 0 Å². The van der Waals surface area contributed by atoms with Crippen LogP contribution in [0.15, 0.2) is 36.4 Å². The normalized spacial score (nSPS) is 22.3. The minimum Gasteiger partial charge on any atom is -0.355 e. The summed E-state index contributed by atoms with van der Waals surface area (Å²) in [4.78, 5) is 17.5. The minimum atomic E-state index is 0.0189. The number of nitrogens with one attached hydrogen (secondary N) is 1. The molecule has 0 radical (unpaired) electrons. The van der Waals surface area contributed by atoms with Crippen LogP contribution in [0.4, 0.5) is 5.82 Å². The Hall–Kier alpha value is -2.47. The molecule has 2 aliphatic heterocycles. The van der Waals surface area contributed by atoms with Crippen LogP contribution in [0.5, 0.6) is 0 Å². The number of hydrogen-bond acceptors (Lipinski definition) is 5. The number of amides is 1. The number of aryl methyl sites for hydroxylation is 1. The lowest BCUT2D eigenvalue weighted by Gasteiger charge is -2.34. The Kier molecular flexibility index (Phi) is 7.17. The lowest BCUT2D eigenvalue weighted by Crippen LogP contribution is -2.46. The lowest BCUT2D eigenvalue weighted by molar-refractivity contribution is -0.125. The van der Waals surface area contributed by atoms with Gasteiger partial charge in [0.05, 0.1) is 11.6 Å². The monoisotopic (exact) mass is 421 g/mol. The minimum absolute atomic E-state index is 0.0189. The SMILES string of the molecule is Cc1ccccc1-c1ccc(N2CCC[C@H](C(=O)NCCN3CCCC[C@H]3C)C2)nn1. The van der Waals surface area contributed by atoms with Crippen molar-refractivity contribution in [1.82, 2.24) is 20.4 Å². The van der Waals surface area contributed by atoms with E-state index >= 15 is 0 Å². The van der Waals surface area contributed by atoms with E-state index in [9.17, 15) is 4.79 Å². The highest BCUT2D eigenvalue weighted by Gasteiger charge is 2.27. The van der Waals surface area contributed by atoms with Crippen molar-refractivity contribution in [3.05, 3.63) is 42.0 Å². The standard InChI is InChI=1S/C25H35N5O/c1-19-8-3-4-11-22(19)23-12-13-24(28-27-23)30-16-7-10-21(18-30)25(31)26-14-17-29-15-6-5-9-20(29)2/h3-4,8,11-13,20-21H,5-7,9-10,14-18H2,1-2H3,(H,26,31)/t20-,21+/m1/s1. The molecule has 0 saturated carbocycles.